The van der Waals surface area contributed by atoms with Gasteiger partial charge in [0.25, 0.3) is 0 Å². The van der Waals surface area contributed by atoms with E-state index in [9.17, 15) is 4.79 Å². The van der Waals surface area contributed by atoms with Crippen LogP contribution in [0.4, 0.5) is 5.69 Å². The first-order valence-corrected chi connectivity index (χ1v) is 6.91. The third-order valence-corrected chi connectivity index (χ3v) is 4.44. The summed E-state index contributed by atoms with van der Waals surface area (Å²) in [7, 11) is 0. The Morgan fingerprint density at radius 2 is 2.12 bits per heavy atom. The molecule has 0 spiro atoms. The molecule has 1 aromatic carbocycles. The van der Waals surface area contributed by atoms with Crippen molar-refractivity contribution in [2.45, 2.75) is 30.6 Å². The van der Waals surface area contributed by atoms with E-state index in [-0.39, 0.29) is 5.56 Å². The van der Waals surface area contributed by atoms with Crippen LogP contribution in [0.1, 0.15) is 36.0 Å². The highest BCUT2D eigenvalue weighted by Crippen LogP contribution is 2.31. The van der Waals surface area contributed by atoms with E-state index in [1.54, 1.807) is 23.9 Å². The molecule has 92 valence electrons. The summed E-state index contributed by atoms with van der Waals surface area (Å²) in [6.45, 7) is 0. The van der Waals surface area contributed by atoms with Crippen molar-refractivity contribution in [2.75, 3.05) is 11.5 Å². The highest BCUT2D eigenvalue weighted by atomic mass is 32.2. The van der Waals surface area contributed by atoms with Crippen molar-refractivity contribution in [1.29, 1.82) is 0 Å². The number of aromatic carboxylic acids is 1. The molecule has 0 unspecified atom stereocenters. The Kier molecular flexibility index (Phi) is 3.94. The number of nitrogen functional groups attached to an aromatic ring is 1. The predicted octanol–water partition coefficient (Wildman–Crippen LogP) is 3.25. The lowest BCUT2D eigenvalue weighted by atomic mass is 10.1. The molecular formula is C13H17NO2S. The van der Waals surface area contributed by atoms with E-state index >= 15 is 0 Å². The second kappa shape index (κ2) is 5.45. The van der Waals surface area contributed by atoms with Crippen LogP contribution in [0.15, 0.2) is 23.1 Å². The van der Waals surface area contributed by atoms with E-state index < -0.39 is 5.97 Å². The van der Waals surface area contributed by atoms with Crippen molar-refractivity contribution in [3.8, 4) is 0 Å². The van der Waals surface area contributed by atoms with E-state index in [0.717, 1.165) is 16.6 Å². The van der Waals surface area contributed by atoms with Crippen LogP contribution in [-0.2, 0) is 0 Å². The van der Waals surface area contributed by atoms with Crippen LogP contribution in [0.25, 0.3) is 0 Å². The molecular weight excluding hydrogens is 234 g/mol. The average molecular weight is 251 g/mol. The molecule has 1 aliphatic rings. The number of carboxylic acids is 1. The van der Waals surface area contributed by atoms with Gasteiger partial charge in [-0.05, 0) is 37.0 Å². The van der Waals surface area contributed by atoms with Gasteiger partial charge in [0, 0.05) is 16.3 Å². The van der Waals surface area contributed by atoms with Gasteiger partial charge in [0.05, 0.1) is 5.56 Å². The summed E-state index contributed by atoms with van der Waals surface area (Å²) in [4.78, 5) is 11.9. The molecule has 3 N–H and O–H groups in total. The number of carbonyl (C=O) groups is 1. The summed E-state index contributed by atoms with van der Waals surface area (Å²) in [5.41, 5.74) is 6.16. The predicted molar refractivity (Wildman–Crippen MR) is 70.5 cm³/mol. The van der Waals surface area contributed by atoms with Crippen LogP contribution in [-0.4, -0.2) is 16.8 Å². The zero-order valence-corrected chi connectivity index (χ0v) is 10.5. The molecule has 17 heavy (non-hydrogen) atoms. The fourth-order valence-corrected chi connectivity index (χ4v) is 3.33. The van der Waals surface area contributed by atoms with Gasteiger partial charge in [0.15, 0.2) is 0 Å². The third-order valence-electron chi connectivity index (χ3n) is 3.22. The van der Waals surface area contributed by atoms with Crippen molar-refractivity contribution in [3.63, 3.8) is 0 Å². The maximum Gasteiger partial charge on any atom is 0.337 e. The highest BCUT2D eigenvalue weighted by Gasteiger charge is 2.15. The van der Waals surface area contributed by atoms with E-state index in [2.05, 4.69) is 0 Å². The lowest BCUT2D eigenvalue weighted by Crippen LogP contribution is -2.02. The van der Waals surface area contributed by atoms with Crippen LogP contribution in [0.2, 0.25) is 0 Å². The van der Waals surface area contributed by atoms with Crippen LogP contribution >= 0.6 is 11.8 Å². The fraction of sp³-hybridized carbons (Fsp3) is 0.462. The fourth-order valence-electron chi connectivity index (χ4n) is 2.20. The molecule has 1 fully saturated rings. The molecule has 0 aliphatic heterocycles. The van der Waals surface area contributed by atoms with E-state index in [0.29, 0.717) is 5.69 Å². The van der Waals surface area contributed by atoms with Gasteiger partial charge in [-0.15, -0.1) is 11.8 Å². The Morgan fingerprint density at radius 1 is 1.41 bits per heavy atom. The molecule has 0 radical (unpaired) electrons. The first kappa shape index (κ1) is 12.3. The zero-order valence-electron chi connectivity index (χ0n) is 9.69. The monoisotopic (exact) mass is 251 g/mol. The van der Waals surface area contributed by atoms with Crippen molar-refractivity contribution >= 4 is 23.4 Å². The summed E-state index contributed by atoms with van der Waals surface area (Å²) in [6, 6.07) is 5.26. The lowest BCUT2D eigenvalue weighted by molar-refractivity contribution is 0.0698. The van der Waals surface area contributed by atoms with Crippen LogP contribution < -0.4 is 5.73 Å². The van der Waals surface area contributed by atoms with Crippen molar-refractivity contribution in [3.05, 3.63) is 23.8 Å². The van der Waals surface area contributed by atoms with Gasteiger partial charge in [0.1, 0.15) is 0 Å². The Balaban J connectivity index is 2.00. The number of anilines is 1. The molecule has 0 bridgehead atoms. The van der Waals surface area contributed by atoms with Gasteiger partial charge < -0.3 is 10.8 Å². The van der Waals surface area contributed by atoms with Gasteiger partial charge in [0.2, 0.25) is 0 Å². The first-order chi connectivity index (χ1) is 8.16. The van der Waals surface area contributed by atoms with E-state index in [1.807, 2.05) is 6.07 Å². The molecule has 0 aromatic heterocycles. The minimum absolute atomic E-state index is 0.210. The summed E-state index contributed by atoms with van der Waals surface area (Å²) < 4.78 is 0. The third kappa shape index (κ3) is 3.16. The van der Waals surface area contributed by atoms with Gasteiger partial charge in [-0.3, -0.25) is 0 Å². The normalized spacial score (nSPS) is 16.2. The molecule has 0 amide bonds. The molecule has 2 rings (SSSR count). The van der Waals surface area contributed by atoms with E-state index in [1.165, 1.54) is 25.7 Å². The van der Waals surface area contributed by atoms with Gasteiger partial charge in [-0.2, -0.15) is 0 Å². The summed E-state index contributed by atoms with van der Waals surface area (Å²) in [6.07, 6.45) is 5.31. The molecule has 1 aromatic rings. The van der Waals surface area contributed by atoms with Crippen LogP contribution in [0, 0.1) is 5.92 Å². The molecule has 4 heteroatoms. The number of hydrogen-bond donors (Lipinski definition) is 2. The SMILES string of the molecule is Nc1ccc(SCC2CCCC2)cc1C(=O)O. The minimum atomic E-state index is -0.953. The Labute approximate surface area is 105 Å². The number of benzene rings is 1. The second-order valence-corrected chi connectivity index (χ2v) is 5.61. The summed E-state index contributed by atoms with van der Waals surface area (Å²) in [5.74, 6) is 0.930. The van der Waals surface area contributed by atoms with Crippen molar-refractivity contribution in [1.82, 2.24) is 0 Å². The molecule has 0 atom stereocenters. The molecule has 1 aliphatic carbocycles. The number of nitrogens with two attached hydrogens (primary N) is 1. The molecule has 3 nitrogen and oxygen atoms in total. The van der Waals surface area contributed by atoms with Crippen LogP contribution in [0.5, 0.6) is 0 Å². The van der Waals surface area contributed by atoms with Gasteiger partial charge >= 0.3 is 5.97 Å². The summed E-state index contributed by atoms with van der Waals surface area (Å²) >= 11 is 1.74. The molecule has 0 heterocycles. The topological polar surface area (TPSA) is 63.3 Å². The largest absolute Gasteiger partial charge is 0.478 e. The van der Waals surface area contributed by atoms with Crippen molar-refractivity contribution < 1.29 is 9.90 Å². The maximum absolute atomic E-state index is 10.9. The van der Waals surface area contributed by atoms with Crippen molar-refractivity contribution in [2.24, 2.45) is 5.92 Å². The number of thioether (sulfide) groups is 1. The number of carboxylic acid groups (broad SMARTS) is 1. The lowest BCUT2D eigenvalue weighted by Gasteiger charge is -2.09. The zero-order chi connectivity index (χ0) is 12.3. The maximum atomic E-state index is 10.9. The van der Waals surface area contributed by atoms with Crippen LogP contribution in [0.3, 0.4) is 0 Å². The number of rotatable bonds is 4. The molecule has 0 saturated heterocycles. The highest BCUT2D eigenvalue weighted by molar-refractivity contribution is 7.99. The molecule has 1 saturated carbocycles. The Hall–Kier alpha value is -1.16. The first-order valence-electron chi connectivity index (χ1n) is 5.92. The summed E-state index contributed by atoms with van der Waals surface area (Å²) in [5, 5.41) is 8.98. The Morgan fingerprint density at radius 3 is 2.76 bits per heavy atom. The second-order valence-electron chi connectivity index (χ2n) is 4.52. The standard InChI is InChI=1S/C13H17NO2S/c14-12-6-5-10(7-11(12)13(15)16)17-8-9-3-1-2-4-9/h5-7,9H,1-4,8,14H2,(H,15,16). The minimum Gasteiger partial charge on any atom is -0.478 e. The number of hydrogen-bond acceptors (Lipinski definition) is 3. The smallest absolute Gasteiger partial charge is 0.337 e. The quantitative estimate of drug-likeness (QED) is 0.637. The average Bonchev–Trinajstić information content (AvgIpc) is 2.80. The van der Waals surface area contributed by atoms with Gasteiger partial charge in [-0.25, -0.2) is 4.79 Å². The van der Waals surface area contributed by atoms with E-state index in [4.69, 9.17) is 10.8 Å². The Bertz CT molecular complexity index is 414. The van der Waals surface area contributed by atoms with Gasteiger partial charge in [-0.1, -0.05) is 12.8 Å².